The van der Waals surface area contributed by atoms with Gasteiger partial charge >= 0.3 is 0 Å². The van der Waals surface area contributed by atoms with Crippen LogP contribution in [0.15, 0.2) is 17.0 Å². The number of aliphatic hydroxyl groups is 1. The topological polar surface area (TPSA) is 49.2 Å². The summed E-state index contributed by atoms with van der Waals surface area (Å²) >= 11 is 3.33. The van der Waals surface area contributed by atoms with Crippen molar-refractivity contribution in [2.45, 2.75) is 32.7 Å². The van der Waals surface area contributed by atoms with Gasteiger partial charge in [-0.15, -0.1) is 0 Å². The van der Waals surface area contributed by atoms with Crippen molar-refractivity contribution < 1.29 is 5.11 Å². The maximum Gasteiger partial charge on any atom is 0.133 e. The third-order valence-electron chi connectivity index (χ3n) is 2.64. The van der Waals surface area contributed by atoms with E-state index in [0.717, 1.165) is 23.3 Å². The molecule has 0 aromatic carbocycles. The average molecular weight is 288 g/mol. The Morgan fingerprint density at radius 2 is 2.06 bits per heavy atom. The summed E-state index contributed by atoms with van der Waals surface area (Å²) < 4.78 is 0.770. The maximum absolute atomic E-state index is 9.11. The van der Waals surface area contributed by atoms with Crippen molar-refractivity contribution in [2.75, 3.05) is 18.1 Å². The molecule has 0 radical (unpaired) electrons. The first-order chi connectivity index (χ1) is 7.72. The van der Waals surface area contributed by atoms with E-state index in [1.54, 1.807) is 0 Å². The number of rotatable bonds is 6. The van der Waals surface area contributed by atoms with Crippen molar-refractivity contribution >= 4 is 21.7 Å². The summed E-state index contributed by atoms with van der Waals surface area (Å²) in [7, 11) is 0. The summed E-state index contributed by atoms with van der Waals surface area (Å²) in [6, 6.07) is 2.29. The highest BCUT2D eigenvalue weighted by atomic mass is 79.9. The molecule has 1 rings (SSSR count). The Bertz CT molecular complexity index is 318. The summed E-state index contributed by atoms with van der Waals surface area (Å²) in [4.78, 5) is 10.4. The molecule has 1 heterocycles. The van der Waals surface area contributed by atoms with Crippen LogP contribution in [0, 0.1) is 0 Å². The summed E-state index contributed by atoms with van der Waals surface area (Å²) in [6.07, 6.45) is 3.61. The van der Waals surface area contributed by atoms with Crippen molar-refractivity contribution in [3.8, 4) is 0 Å². The van der Waals surface area contributed by atoms with Crippen LogP contribution in [0.1, 0.15) is 26.7 Å². The molecule has 1 aromatic rings. The molecule has 0 aliphatic heterocycles. The van der Waals surface area contributed by atoms with Crippen molar-refractivity contribution in [2.24, 2.45) is 0 Å². The molecule has 5 heteroatoms. The molecule has 0 amide bonds. The van der Waals surface area contributed by atoms with Crippen LogP contribution in [0.5, 0.6) is 0 Å². The quantitative estimate of drug-likeness (QED) is 0.815. The Kier molecular flexibility index (Phi) is 5.69. The van der Waals surface area contributed by atoms with E-state index < -0.39 is 0 Å². The van der Waals surface area contributed by atoms with Gasteiger partial charge < -0.3 is 10.0 Å². The Morgan fingerprint density at radius 3 is 2.56 bits per heavy atom. The lowest BCUT2D eigenvalue weighted by Crippen LogP contribution is -2.37. The molecular formula is C11H18BrN3O. The zero-order valence-electron chi connectivity index (χ0n) is 9.73. The number of nitrogens with zero attached hydrogens (tertiary/aromatic N) is 3. The van der Waals surface area contributed by atoms with Crippen LogP contribution in [0.4, 0.5) is 5.82 Å². The fourth-order valence-electron chi connectivity index (χ4n) is 1.80. The van der Waals surface area contributed by atoms with E-state index in [-0.39, 0.29) is 6.61 Å². The number of aliphatic hydroxyl groups excluding tert-OH is 1. The number of hydrogen-bond acceptors (Lipinski definition) is 4. The average Bonchev–Trinajstić information content (AvgIpc) is 2.29. The normalized spacial score (nSPS) is 10.8. The number of hydrogen-bond donors (Lipinski definition) is 1. The molecule has 1 aromatic heterocycles. The molecule has 0 saturated heterocycles. The molecule has 0 unspecified atom stereocenters. The highest BCUT2D eigenvalue weighted by molar-refractivity contribution is 9.10. The number of aromatic nitrogens is 2. The summed E-state index contributed by atoms with van der Waals surface area (Å²) in [5.74, 6) is 0.865. The van der Waals surface area contributed by atoms with Crippen LogP contribution in [0.25, 0.3) is 0 Å². The smallest absolute Gasteiger partial charge is 0.133 e. The summed E-state index contributed by atoms with van der Waals surface area (Å²) in [6.45, 7) is 5.04. The van der Waals surface area contributed by atoms with Crippen molar-refractivity contribution in [3.05, 3.63) is 17.0 Å². The lowest BCUT2D eigenvalue weighted by Gasteiger charge is -2.30. The van der Waals surface area contributed by atoms with Gasteiger partial charge in [-0.3, -0.25) is 0 Å². The Balaban J connectivity index is 2.91. The standard InChI is InChI=1S/C11H18BrN3O/c1-3-9(4-2)15(5-6-16)11-7-10(12)13-8-14-11/h7-9,16H,3-6H2,1-2H3. The molecule has 0 fully saturated rings. The van der Waals surface area contributed by atoms with Gasteiger partial charge in [0.2, 0.25) is 0 Å². The molecule has 0 saturated carbocycles. The monoisotopic (exact) mass is 287 g/mol. The first-order valence-corrected chi connectivity index (χ1v) is 6.37. The molecular weight excluding hydrogens is 270 g/mol. The highest BCUT2D eigenvalue weighted by Gasteiger charge is 2.16. The molecule has 4 nitrogen and oxygen atoms in total. The lowest BCUT2D eigenvalue weighted by atomic mass is 10.1. The van der Waals surface area contributed by atoms with E-state index in [1.807, 2.05) is 6.07 Å². The second kappa shape index (κ2) is 6.81. The van der Waals surface area contributed by atoms with E-state index in [2.05, 4.69) is 44.6 Å². The predicted octanol–water partition coefficient (Wildman–Crippen LogP) is 2.23. The zero-order valence-corrected chi connectivity index (χ0v) is 11.3. The van der Waals surface area contributed by atoms with E-state index in [1.165, 1.54) is 6.33 Å². The van der Waals surface area contributed by atoms with Gasteiger partial charge in [-0.1, -0.05) is 13.8 Å². The third-order valence-corrected chi connectivity index (χ3v) is 3.07. The van der Waals surface area contributed by atoms with Gasteiger partial charge in [-0.05, 0) is 28.8 Å². The maximum atomic E-state index is 9.11. The third kappa shape index (κ3) is 3.42. The number of anilines is 1. The first-order valence-electron chi connectivity index (χ1n) is 5.57. The van der Waals surface area contributed by atoms with E-state index in [4.69, 9.17) is 5.11 Å². The molecule has 1 N–H and O–H groups in total. The number of halogens is 1. The van der Waals surface area contributed by atoms with E-state index >= 15 is 0 Å². The zero-order chi connectivity index (χ0) is 12.0. The Morgan fingerprint density at radius 1 is 1.38 bits per heavy atom. The van der Waals surface area contributed by atoms with Gasteiger partial charge in [-0.2, -0.15) is 0 Å². The van der Waals surface area contributed by atoms with Crippen molar-refractivity contribution in [1.29, 1.82) is 0 Å². The van der Waals surface area contributed by atoms with Crippen LogP contribution in [0.3, 0.4) is 0 Å². The van der Waals surface area contributed by atoms with Gasteiger partial charge in [0.25, 0.3) is 0 Å². The first kappa shape index (κ1) is 13.4. The van der Waals surface area contributed by atoms with Crippen LogP contribution >= 0.6 is 15.9 Å². The minimum Gasteiger partial charge on any atom is -0.395 e. The molecule has 90 valence electrons. The molecule has 0 aliphatic rings. The van der Waals surface area contributed by atoms with Crippen molar-refractivity contribution in [1.82, 2.24) is 9.97 Å². The second-order valence-corrected chi connectivity index (χ2v) is 4.40. The second-order valence-electron chi connectivity index (χ2n) is 3.59. The highest BCUT2D eigenvalue weighted by Crippen LogP contribution is 2.19. The SMILES string of the molecule is CCC(CC)N(CCO)c1cc(Br)ncn1. The minimum absolute atomic E-state index is 0.137. The van der Waals surface area contributed by atoms with Gasteiger partial charge in [-0.25, -0.2) is 9.97 Å². The van der Waals surface area contributed by atoms with Gasteiger partial charge in [0.05, 0.1) is 6.61 Å². The van der Waals surface area contributed by atoms with Crippen LogP contribution in [-0.2, 0) is 0 Å². The van der Waals surface area contributed by atoms with Crippen molar-refractivity contribution in [3.63, 3.8) is 0 Å². The molecule has 0 spiro atoms. The Hall–Kier alpha value is -0.680. The summed E-state index contributed by atoms with van der Waals surface area (Å²) in [5.41, 5.74) is 0. The molecule has 16 heavy (non-hydrogen) atoms. The van der Waals surface area contributed by atoms with Crippen LogP contribution in [-0.4, -0.2) is 34.3 Å². The van der Waals surface area contributed by atoms with E-state index in [0.29, 0.717) is 12.6 Å². The Labute approximate surface area is 105 Å². The molecule has 0 atom stereocenters. The van der Waals surface area contributed by atoms with Gasteiger partial charge in [0.15, 0.2) is 0 Å². The minimum atomic E-state index is 0.137. The predicted molar refractivity (Wildman–Crippen MR) is 68.5 cm³/mol. The largest absolute Gasteiger partial charge is 0.395 e. The van der Waals surface area contributed by atoms with E-state index in [9.17, 15) is 0 Å². The fourth-order valence-corrected chi connectivity index (χ4v) is 2.10. The molecule has 0 aliphatic carbocycles. The molecule has 0 bridgehead atoms. The van der Waals surface area contributed by atoms with Crippen LogP contribution < -0.4 is 4.90 Å². The van der Waals surface area contributed by atoms with Crippen LogP contribution in [0.2, 0.25) is 0 Å². The summed E-state index contributed by atoms with van der Waals surface area (Å²) in [5, 5.41) is 9.11. The fraction of sp³-hybridized carbons (Fsp3) is 0.636. The van der Waals surface area contributed by atoms with Gasteiger partial charge in [0.1, 0.15) is 16.7 Å². The van der Waals surface area contributed by atoms with Gasteiger partial charge in [0, 0.05) is 18.7 Å². The lowest BCUT2D eigenvalue weighted by molar-refractivity contribution is 0.295.